The molecule has 8 heteroatoms. The minimum atomic E-state index is -0.494. The van der Waals surface area contributed by atoms with Gasteiger partial charge in [-0.05, 0) is 54.4 Å². The number of aromatic nitrogens is 2. The van der Waals surface area contributed by atoms with E-state index >= 15 is 0 Å². The number of nitrogens with one attached hydrogen (secondary N) is 2. The van der Waals surface area contributed by atoms with Crippen LogP contribution in [0, 0.1) is 10.1 Å². The van der Waals surface area contributed by atoms with Crippen molar-refractivity contribution in [2.24, 2.45) is 0 Å². The number of nitro groups is 1. The number of para-hydroxylation sites is 2. The number of aryl methyl sites for hydroxylation is 1. The van der Waals surface area contributed by atoms with Crippen molar-refractivity contribution in [3.63, 3.8) is 0 Å². The molecule has 4 rings (SSSR count). The van der Waals surface area contributed by atoms with Gasteiger partial charge in [0.05, 0.1) is 4.92 Å². The van der Waals surface area contributed by atoms with Gasteiger partial charge in [-0.25, -0.2) is 9.97 Å². The van der Waals surface area contributed by atoms with Gasteiger partial charge < -0.3 is 15.4 Å². The van der Waals surface area contributed by atoms with E-state index in [0.717, 1.165) is 23.4 Å². The van der Waals surface area contributed by atoms with Crippen molar-refractivity contribution in [3.05, 3.63) is 101 Å². The van der Waals surface area contributed by atoms with Crippen LogP contribution in [-0.2, 0) is 6.42 Å². The van der Waals surface area contributed by atoms with Gasteiger partial charge in [0.25, 0.3) is 0 Å². The molecule has 0 unspecified atom stereocenters. The molecule has 0 atom stereocenters. The second kappa shape index (κ2) is 9.57. The van der Waals surface area contributed by atoms with Crippen molar-refractivity contribution < 1.29 is 9.66 Å². The summed E-state index contributed by atoms with van der Waals surface area (Å²) in [5.74, 6) is 1.59. The van der Waals surface area contributed by atoms with Crippen LogP contribution in [-0.4, -0.2) is 14.9 Å². The lowest BCUT2D eigenvalue weighted by Gasteiger charge is -2.12. The van der Waals surface area contributed by atoms with Crippen LogP contribution in [0.5, 0.6) is 11.5 Å². The van der Waals surface area contributed by atoms with E-state index < -0.39 is 4.92 Å². The highest BCUT2D eigenvalue weighted by Gasteiger charge is 2.23. The highest BCUT2D eigenvalue weighted by molar-refractivity contribution is 5.77. The quantitative estimate of drug-likeness (QED) is 0.254. The molecule has 1 aromatic heterocycles. The van der Waals surface area contributed by atoms with Crippen molar-refractivity contribution in [3.8, 4) is 11.5 Å². The molecule has 3 aromatic carbocycles. The van der Waals surface area contributed by atoms with E-state index in [9.17, 15) is 10.1 Å². The van der Waals surface area contributed by atoms with E-state index in [0.29, 0.717) is 11.4 Å². The Morgan fingerprint density at radius 3 is 2.16 bits per heavy atom. The average Bonchev–Trinajstić information content (AvgIpc) is 2.81. The molecular formula is C24H21N5O3. The summed E-state index contributed by atoms with van der Waals surface area (Å²) in [5, 5.41) is 18.0. The molecule has 0 amide bonds. The molecule has 0 aliphatic carbocycles. The Labute approximate surface area is 185 Å². The molecule has 4 aromatic rings. The van der Waals surface area contributed by atoms with Crippen molar-refractivity contribution in [1.29, 1.82) is 0 Å². The number of hydrogen-bond donors (Lipinski definition) is 2. The minimum Gasteiger partial charge on any atom is -0.457 e. The molecule has 0 aliphatic rings. The van der Waals surface area contributed by atoms with Gasteiger partial charge in [-0.1, -0.05) is 43.3 Å². The predicted octanol–water partition coefficient (Wildman–Crippen LogP) is 6.23. The van der Waals surface area contributed by atoms with Crippen LogP contribution in [0.4, 0.5) is 28.7 Å². The number of hydrogen-bond acceptors (Lipinski definition) is 7. The van der Waals surface area contributed by atoms with E-state index in [1.54, 1.807) is 24.3 Å². The minimum absolute atomic E-state index is 0.0956. The molecule has 0 spiro atoms. The Bertz CT molecular complexity index is 1210. The first-order valence-electron chi connectivity index (χ1n) is 10.1. The summed E-state index contributed by atoms with van der Waals surface area (Å²) < 4.78 is 5.78. The van der Waals surface area contributed by atoms with Crippen molar-refractivity contribution >= 4 is 28.7 Å². The van der Waals surface area contributed by atoms with Crippen LogP contribution in [0.2, 0.25) is 0 Å². The normalized spacial score (nSPS) is 10.4. The van der Waals surface area contributed by atoms with Crippen LogP contribution >= 0.6 is 0 Å². The topological polar surface area (TPSA) is 102 Å². The Balaban J connectivity index is 1.57. The third-order valence-corrected chi connectivity index (χ3v) is 4.75. The third-order valence-electron chi connectivity index (χ3n) is 4.75. The molecule has 160 valence electrons. The molecule has 0 radical (unpaired) electrons. The first-order valence-corrected chi connectivity index (χ1v) is 10.1. The van der Waals surface area contributed by atoms with Crippen LogP contribution in [0.25, 0.3) is 0 Å². The zero-order valence-electron chi connectivity index (χ0n) is 17.4. The average molecular weight is 427 g/mol. The smallest absolute Gasteiger partial charge is 0.353 e. The van der Waals surface area contributed by atoms with Crippen LogP contribution in [0.3, 0.4) is 0 Å². The van der Waals surface area contributed by atoms with Gasteiger partial charge in [-0.3, -0.25) is 10.1 Å². The van der Waals surface area contributed by atoms with Gasteiger partial charge in [0.1, 0.15) is 17.8 Å². The first-order chi connectivity index (χ1) is 15.6. The number of benzene rings is 3. The van der Waals surface area contributed by atoms with Gasteiger partial charge in [0.15, 0.2) is 0 Å². The monoisotopic (exact) mass is 427 g/mol. The maximum atomic E-state index is 11.9. The summed E-state index contributed by atoms with van der Waals surface area (Å²) in [6, 6.07) is 24.1. The fourth-order valence-electron chi connectivity index (χ4n) is 3.18. The maximum Gasteiger partial charge on any atom is 0.353 e. The fourth-order valence-corrected chi connectivity index (χ4v) is 3.18. The van der Waals surface area contributed by atoms with Gasteiger partial charge in [-0.2, -0.15) is 0 Å². The largest absolute Gasteiger partial charge is 0.457 e. The Hall–Kier alpha value is -4.46. The number of ether oxygens (including phenoxy) is 1. The third kappa shape index (κ3) is 4.81. The highest BCUT2D eigenvalue weighted by atomic mass is 16.6. The fraction of sp³-hybridized carbons (Fsp3) is 0.0833. The lowest BCUT2D eigenvalue weighted by atomic mass is 10.1. The summed E-state index contributed by atoms with van der Waals surface area (Å²) >= 11 is 0. The van der Waals surface area contributed by atoms with Crippen LogP contribution < -0.4 is 15.4 Å². The molecule has 0 fully saturated rings. The maximum absolute atomic E-state index is 11.9. The lowest BCUT2D eigenvalue weighted by molar-refractivity contribution is -0.383. The Kier molecular flexibility index (Phi) is 6.22. The molecule has 1 heterocycles. The summed E-state index contributed by atoms with van der Waals surface area (Å²) in [5.41, 5.74) is 2.20. The molecule has 8 nitrogen and oxygen atoms in total. The number of anilines is 4. The summed E-state index contributed by atoms with van der Waals surface area (Å²) in [6.45, 7) is 2.02. The second-order valence-corrected chi connectivity index (χ2v) is 6.88. The van der Waals surface area contributed by atoms with Crippen molar-refractivity contribution in [1.82, 2.24) is 9.97 Å². The van der Waals surface area contributed by atoms with E-state index in [4.69, 9.17) is 4.74 Å². The highest BCUT2D eigenvalue weighted by Crippen LogP contribution is 2.34. The lowest BCUT2D eigenvalue weighted by Crippen LogP contribution is -2.06. The molecule has 0 saturated heterocycles. The zero-order valence-corrected chi connectivity index (χ0v) is 17.4. The van der Waals surface area contributed by atoms with Gasteiger partial charge in [0.2, 0.25) is 11.6 Å². The molecule has 2 N–H and O–H groups in total. The summed E-state index contributed by atoms with van der Waals surface area (Å²) in [6.07, 6.45) is 2.07. The molecular weight excluding hydrogens is 406 g/mol. The summed E-state index contributed by atoms with van der Waals surface area (Å²) in [7, 11) is 0. The number of rotatable bonds is 8. The van der Waals surface area contributed by atoms with Gasteiger partial charge in [-0.15, -0.1) is 0 Å². The van der Waals surface area contributed by atoms with Crippen molar-refractivity contribution in [2.45, 2.75) is 13.3 Å². The van der Waals surface area contributed by atoms with Gasteiger partial charge in [0, 0.05) is 11.4 Å². The van der Waals surface area contributed by atoms with Crippen LogP contribution in [0.15, 0.2) is 85.2 Å². The standard InChI is InChI=1S/C24H21N5O3/c1-2-17-8-6-7-11-21(17)28-24-22(29(30)31)23(25-16-26-24)27-18-12-14-20(15-13-18)32-19-9-4-3-5-10-19/h3-16H,2H2,1H3,(H2,25,26,27,28). The first kappa shape index (κ1) is 20.8. The Morgan fingerprint density at radius 1 is 0.844 bits per heavy atom. The van der Waals surface area contributed by atoms with E-state index in [-0.39, 0.29) is 17.3 Å². The SMILES string of the molecule is CCc1ccccc1Nc1ncnc(Nc2ccc(Oc3ccccc3)cc2)c1[N+](=O)[O-]. The van der Waals surface area contributed by atoms with Crippen LogP contribution in [0.1, 0.15) is 12.5 Å². The van der Waals surface area contributed by atoms with Gasteiger partial charge >= 0.3 is 5.69 Å². The summed E-state index contributed by atoms with van der Waals surface area (Å²) in [4.78, 5) is 19.6. The van der Waals surface area contributed by atoms with E-state index in [1.807, 2.05) is 61.5 Å². The zero-order chi connectivity index (χ0) is 22.3. The Morgan fingerprint density at radius 2 is 1.47 bits per heavy atom. The number of nitrogens with zero attached hydrogens (tertiary/aromatic N) is 3. The second-order valence-electron chi connectivity index (χ2n) is 6.88. The van der Waals surface area contributed by atoms with E-state index in [2.05, 4.69) is 20.6 Å². The molecule has 0 bridgehead atoms. The molecule has 0 saturated carbocycles. The molecule has 0 aliphatic heterocycles. The van der Waals surface area contributed by atoms with E-state index in [1.165, 1.54) is 6.33 Å². The van der Waals surface area contributed by atoms with Crippen molar-refractivity contribution in [2.75, 3.05) is 10.6 Å². The predicted molar refractivity (Wildman–Crippen MR) is 124 cm³/mol. The molecule has 32 heavy (non-hydrogen) atoms.